The third-order valence-corrected chi connectivity index (χ3v) is 3.61. The van der Waals surface area contributed by atoms with Gasteiger partial charge in [0.05, 0.1) is 0 Å². The average molecular weight is 291 g/mol. The molecule has 6 heteroatoms. The Morgan fingerprint density at radius 1 is 1.33 bits per heavy atom. The van der Waals surface area contributed by atoms with Crippen molar-refractivity contribution in [1.82, 2.24) is 9.96 Å². The van der Waals surface area contributed by atoms with E-state index in [-0.39, 0.29) is 6.03 Å². The van der Waals surface area contributed by atoms with E-state index in [9.17, 15) is 9.59 Å². The fourth-order valence-electron chi connectivity index (χ4n) is 2.44. The van der Waals surface area contributed by atoms with Crippen LogP contribution in [0.1, 0.15) is 24.8 Å². The van der Waals surface area contributed by atoms with Crippen molar-refractivity contribution in [3.8, 4) is 0 Å². The number of nitrogens with two attached hydrogens (primary N) is 1. The summed E-state index contributed by atoms with van der Waals surface area (Å²) in [6.45, 7) is 0.837. The number of likely N-dealkylation sites (tertiary alicyclic amines) is 1. The lowest BCUT2D eigenvalue weighted by Crippen LogP contribution is -2.54. The summed E-state index contributed by atoms with van der Waals surface area (Å²) in [7, 11) is 1.55. The highest BCUT2D eigenvalue weighted by Crippen LogP contribution is 2.18. The third-order valence-electron chi connectivity index (χ3n) is 3.61. The first-order valence-corrected chi connectivity index (χ1v) is 7.10. The number of hydrogen-bond acceptors (Lipinski definition) is 3. The maximum absolute atomic E-state index is 12.4. The van der Waals surface area contributed by atoms with Gasteiger partial charge in [-0.05, 0) is 24.8 Å². The minimum absolute atomic E-state index is 0.304. The van der Waals surface area contributed by atoms with Gasteiger partial charge in [-0.25, -0.2) is 9.86 Å². The molecular formula is C15H21N3O3. The second-order valence-corrected chi connectivity index (χ2v) is 5.15. The quantitative estimate of drug-likeness (QED) is 0.854. The zero-order valence-corrected chi connectivity index (χ0v) is 12.2. The molecular weight excluding hydrogens is 270 g/mol. The molecule has 1 atom stereocenters. The first kappa shape index (κ1) is 15.3. The highest BCUT2D eigenvalue weighted by atomic mass is 16.7. The number of amides is 3. The standard InChI is InChI=1S/C15H21N3O3/c1-17(21-11-12-7-3-2-4-8-12)15(20)18-10-6-5-9-13(18)14(16)19/h2-4,7-8,13H,5-6,9-11H2,1H3,(H2,16,19)/t13-/m0/s1. The molecule has 1 fully saturated rings. The lowest BCUT2D eigenvalue weighted by molar-refractivity contribution is -0.132. The van der Waals surface area contributed by atoms with E-state index in [1.54, 1.807) is 7.05 Å². The monoisotopic (exact) mass is 291 g/mol. The predicted molar refractivity (Wildman–Crippen MR) is 77.9 cm³/mol. The summed E-state index contributed by atoms with van der Waals surface area (Å²) in [6, 6.07) is 8.73. The van der Waals surface area contributed by atoms with E-state index < -0.39 is 11.9 Å². The van der Waals surface area contributed by atoms with Crippen LogP contribution < -0.4 is 5.73 Å². The highest BCUT2D eigenvalue weighted by molar-refractivity contribution is 5.85. The second-order valence-electron chi connectivity index (χ2n) is 5.15. The minimum atomic E-state index is -0.533. The summed E-state index contributed by atoms with van der Waals surface area (Å²) in [6.07, 6.45) is 2.40. The van der Waals surface area contributed by atoms with Crippen molar-refractivity contribution in [3.05, 3.63) is 35.9 Å². The van der Waals surface area contributed by atoms with Crippen molar-refractivity contribution in [2.75, 3.05) is 13.6 Å². The molecule has 1 aromatic carbocycles. The molecule has 0 aliphatic carbocycles. The van der Waals surface area contributed by atoms with Gasteiger partial charge in [-0.3, -0.25) is 9.63 Å². The van der Waals surface area contributed by atoms with E-state index in [2.05, 4.69) is 0 Å². The van der Waals surface area contributed by atoms with Crippen molar-refractivity contribution < 1.29 is 14.4 Å². The fraction of sp³-hybridized carbons (Fsp3) is 0.467. The van der Waals surface area contributed by atoms with Crippen molar-refractivity contribution >= 4 is 11.9 Å². The van der Waals surface area contributed by atoms with Crippen LogP contribution in [0, 0.1) is 0 Å². The molecule has 1 heterocycles. The Kier molecular flexibility index (Phi) is 5.16. The molecule has 0 radical (unpaired) electrons. The van der Waals surface area contributed by atoms with E-state index in [1.807, 2.05) is 30.3 Å². The molecule has 1 aliphatic rings. The minimum Gasteiger partial charge on any atom is -0.368 e. The van der Waals surface area contributed by atoms with Crippen LogP contribution in [0.2, 0.25) is 0 Å². The lowest BCUT2D eigenvalue weighted by Gasteiger charge is -2.35. The molecule has 1 aromatic rings. The van der Waals surface area contributed by atoms with Crippen molar-refractivity contribution in [1.29, 1.82) is 0 Å². The highest BCUT2D eigenvalue weighted by Gasteiger charge is 2.32. The molecule has 1 aliphatic heterocycles. The number of hydrogen-bond donors (Lipinski definition) is 1. The Bertz CT molecular complexity index is 492. The number of piperidine rings is 1. The predicted octanol–water partition coefficient (Wildman–Crippen LogP) is 1.51. The van der Waals surface area contributed by atoms with Gasteiger partial charge >= 0.3 is 6.03 Å². The Morgan fingerprint density at radius 2 is 2.05 bits per heavy atom. The van der Waals surface area contributed by atoms with Crippen LogP contribution in [0.15, 0.2) is 30.3 Å². The summed E-state index contributed by atoms with van der Waals surface area (Å²) >= 11 is 0. The molecule has 2 N–H and O–H groups in total. The van der Waals surface area contributed by atoms with Gasteiger partial charge in [-0.15, -0.1) is 0 Å². The number of nitrogens with zero attached hydrogens (tertiary/aromatic N) is 2. The zero-order valence-electron chi connectivity index (χ0n) is 12.2. The number of hydroxylamine groups is 2. The van der Waals surface area contributed by atoms with E-state index in [0.717, 1.165) is 18.4 Å². The molecule has 21 heavy (non-hydrogen) atoms. The number of primary amides is 1. The van der Waals surface area contributed by atoms with E-state index >= 15 is 0 Å². The van der Waals surface area contributed by atoms with Crippen molar-refractivity contribution in [2.45, 2.75) is 31.9 Å². The van der Waals surface area contributed by atoms with Crippen LogP contribution in [-0.4, -0.2) is 41.5 Å². The van der Waals surface area contributed by atoms with Gasteiger partial charge in [-0.2, -0.15) is 0 Å². The maximum atomic E-state index is 12.4. The van der Waals surface area contributed by atoms with Crippen molar-refractivity contribution in [3.63, 3.8) is 0 Å². The summed E-state index contributed by atoms with van der Waals surface area (Å²) in [5, 5.41) is 1.17. The molecule has 114 valence electrons. The van der Waals surface area contributed by atoms with Gasteiger partial charge in [-0.1, -0.05) is 30.3 Å². The van der Waals surface area contributed by atoms with Crippen LogP contribution in [0.3, 0.4) is 0 Å². The summed E-state index contributed by atoms with van der Waals surface area (Å²) in [5.74, 6) is -0.459. The molecule has 1 saturated heterocycles. The number of urea groups is 1. The second kappa shape index (κ2) is 7.08. The van der Waals surface area contributed by atoms with E-state index in [1.165, 1.54) is 9.96 Å². The average Bonchev–Trinajstić information content (AvgIpc) is 2.52. The molecule has 0 aromatic heterocycles. The normalized spacial score (nSPS) is 18.3. The van der Waals surface area contributed by atoms with Crippen LogP contribution >= 0.6 is 0 Å². The number of rotatable bonds is 4. The van der Waals surface area contributed by atoms with Crippen LogP contribution in [0.4, 0.5) is 4.79 Å². The van der Waals surface area contributed by atoms with E-state index in [4.69, 9.17) is 10.6 Å². The van der Waals surface area contributed by atoms with Crippen LogP contribution in [0.25, 0.3) is 0 Å². The Morgan fingerprint density at radius 3 is 2.71 bits per heavy atom. The van der Waals surface area contributed by atoms with Gasteiger partial charge in [0, 0.05) is 13.6 Å². The maximum Gasteiger partial charge on any atom is 0.344 e. The Labute approximate surface area is 124 Å². The first-order valence-electron chi connectivity index (χ1n) is 7.10. The topological polar surface area (TPSA) is 75.9 Å². The molecule has 6 nitrogen and oxygen atoms in total. The zero-order chi connectivity index (χ0) is 15.2. The van der Waals surface area contributed by atoms with Gasteiger partial charge < -0.3 is 10.6 Å². The SMILES string of the molecule is CN(OCc1ccccc1)C(=O)N1CCCC[C@H]1C(N)=O. The number of carbonyl (C=O) groups is 2. The number of carbonyl (C=O) groups excluding carboxylic acids is 2. The molecule has 0 spiro atoms. The van der Waals surface area contributed by atoms with Gasteiger partial charge in [0.15, 0.2) is 0 Å². The summed E-state index contributed by atoms with van der Waals surface area (Å²) in [4.78, 5) is 30.8. The van der Waals surface area contributed by atoms with E-state index in [0.29, 0.717) is 19.6 Å². The van der Waals surface area contributed by atoms with Crippen LogP contribution in [-0.2, 0) is 16.2 Å². The molecule has 3 amide bonds. The summed E-state index contributed by atoms with van der Waals surface area (Å²) in [5.41, 5.74) is 6.34. The van der Waals surface area contributed by atoms with Crippen molar-refractivity contribution in [2.24, 2.45) is 5.73 Å². The largest absolute Gasteiger partial charge is 0.368 e. The Hall–Kier alpha value is -2.08. The van der Waals surface area contributed by atoms with Gasteiger partial charge in [0.1, 0.15) is 12.6 Å². The van der Waals surface area contributed by atoms with Gasteiger partial charge in [0.25, 0.3) is 0 Å². The lowest BCUT2D eigenvalue weighted by atomic mass is 10.0. The van der Waals surface area contributed by atoms with Gasteiger partial charge in [0.2, 0.25) is 5.91 Å². The number of benzene rings is 1. The third kappa shape index (κ3) is 3.95. The fourth-order valence-corrected chi connectivity index (χ4v) is 2.44. The smallest absolute Gasteiger partial charge is 0.344 e. The molecule has 0 bridgehead atoms. The summed E-state index contributed by atoms with van der Waals surface area (Å²) < 4.78 is 0. The molecule has 0 unspecified atom stereocenters. The molecule has 0 saturated carbocycles. The first-order chi connectivity index (χ1) is 10.1. The molecule has 2 rings (SSSR count). The Balaban J connectivity index is 1.93. The van der Waals surface area contributed by atoms with Crippen LogP contribution in [0.5, 0.6) is 0 Å².